The molecule has 0 radical (unpaired) electrons. The van der Waals surface area contributed by atoms with Gasteiger partial charge in [-0.3, -0.25) is 9.59 Å². The molecule has 0 saturated heterocycles. The minimum absolute atomic E-state index is 0.124. The molecule has 5 nitrogen and oxygen atoms in total. The first-order chi connectivity index (χ1) is 9.37. The fourth-order valence-corrected chi connectivity index (χ4v) is 2.70. The van der Waals surface area contributed by atoms with Crippen LogP contribution in [-0.2, 0) is 9.59 Å². The summed E-state index contributed by atoms with van der Waals surface area (Å²) in [7, 11) is 2.06. The van der Waals surface area contributed by atoms with Gasteiger partial charge in [-0.2, -0.15) is 0 Å². The van der Waals surface area contributed by atoms with Gasteiger partial charge >= 0.3 is 5.97 Å². The quantitative estimate of drug-likeness (QED) is 0.668. The summed E-state index contributed by atoms with van der Waals surface area (Å²) in [5.74, 6) is -0.939. The van der Waals surface area contributed by atoms with E-state index in [0.717, 1.165) is 25.8 Å². The first-order valence-electron chi connectivity index (χ1n) is 7.58. The molecule has 20 heavy (non-hydrogen) atoms. The van der Waals surface area contributed by atoms with Gasteiger partial charge < -0.3 is 15.3 Å². The zero-order chi connectivity index (χ0) is 15.2. The molecule has 1 aliphatic carbocycles. The monoisotopic (exact) mass is 284 g/mol. The normalized spacial score (nSPS) is 17.6. The molecule has 0 bridgehead atoms. The van der Waals surface area contributed by atoms with Crippen molar-refractivity contribution in [3.05, 3.63) is 0 Å². The maximum Gasteiger partial charge on any atom is 0.310 e. The van der Waals surface area contributed by atoms with Gasteiger partial charge in [-0.15, -0.1) is 0 Å². The first-order valence-corrected chi connectivity index (χ1v) is 7.58. The topological polar surface area (TPSA) is 69.6 Å². The molecule has 1 amide bonds. The van der Waals surface area contributed by atoms with Crippen LogP contribution in [0.4, 0.5) is 0 Å². The van der Waals surface area contributed by atoms with Crippen molar-refractivity contribution < 1.29 is 14.7 Å². The molecular formula is C15H28N2O3. The highest BCUT2D eigenvalue weighted by Gasteiger charge is 2.42. The van der Waals surface area contributed by atoms with Crippen molar-refractivity contribution in [2.75, 3.05) is 20.1 Å². The van der Waals surface area contributed by atoms with Crippen molar-refractivity contribution in [1.29, 1.82) is 0 Å². The van der Waals surface area contributed by atoms with E-state index in [1.54, 1.807) is 0 Å². The number of nitrogens with one attached hydrogen (secondary N) is 1. The van der Waals surface area contributed by atoms with Crippen molar-refractivity contribution >= 4 is 11.9 Å². The van der Waals surface area contributed by atoms with Crippen LogP contribution < -0.4 is 5.32 Å². The molecular weight excluding hydrogens is 256 g/mol. The summed E-state index contributed by atoms with van der Waals surface area (Å²) in [4.78, 5) is 25.5. The summed E-state index contributed by atoms with van der Waals surface area (Å²) in [5, 5.41) is 12.2. The lowest BCUT2D eigenvalue weighted by molar-refractivity contribution is -0.151. The Bertz CT molecular complexity index is 336. The third-order valence-electron chi connectivity index (χ3n) is 4.40. The molecule has 1 fully saturated rings. The van der Waals surface area contributed by atoms with E-state index in [2.05, 4.69) is 31.1 Å². The number of hydrogen-bond donors (Lipinski definition) is 2. The minimum atomic E-state index is -0.815. The summed E-state index contributed by atoms with van der Waals surface area (Å²) in [6.07, 6.45) is 4.11. The average Bonchev–Trinajstić information content (AvgIpc) is 2.84. The summed E-state index contributed by atoms with van der Waals surface area (Å²) in [6.45, 7) is 5.82. The Morgan fingerprint density at radius 3 is 2.40 bits per heavy atom. The van der Waals surface area contributed by atoms with Crippen molar-refractivity contribution in [1.82, 2.24) is 10.2 Å². The number of amides is 1. The van der Waals surface area contributed by atoms with Crippen molar-refractivity contribution in [2.45, 2.75) is 58.4 Å². The second kappa shape index (κ2) is 7.62. The number of carbonyl (C=O) groups is 2. The molecule has 0 unspecified atom stereocenters. The van der Waals surface area contributed by atoms with E-state index >= 15 is 0 Å². The van der Waals surface area contributed by atoms with Crippen LogP contribution in [-0.4, -0.2) is 48.1 Å². The van der Waals surface area contributed by atoms with Crippen LogP contribution in [0.2, 0.25) is 0 Å². The average molecular weight is 284 g/mol. The molecule has 0 aliphatic heterocycles. The van der Waals surface area contributed by atoms with Crippen LogP contribution >= 0.6 is 0 Å². The molecule has 2 N–H and O–H groups in total. The fraction of sp³-hybridized carbons (Fsp3) is 0.867. The Morgan fingerprint density at radius 2 is 1.90 bits per heavy atom. The summed E-state index contributed by atoms with van der Waals surface area (Å²) < 4.78 is 0. The predicted octanol–water partition coefficient (Wildman–Crippen LogP) is 1.87. The number of rotatable bonds is 8. The number of hydrogen-bond acceptors (Lipinski definition) is 3. The molecule has 0 spiro atoms. The molecule has 5 heteroatoms. The van der Waals surface area contributed by atoms with Crippen LogP contribution in [0.5, 0.6) is 0 Å². The van der Waals surface area contributed by atoms with Crippen molar-refractivity contribution in [3.8, 4) is 0 Å². The lowest BCUT2D eigenvalue weighted by Gasteiger charge is -2.23. The van der Waals surface area contributed by atoms with Crippen LogP contribution in [0.1, 0.15) is 52.4 Å². The van der Waals surface area contributed by atoms with E-state index in [1.165, 1.54) is 0 Å². The highest BCUT2D eigenvalue weighted by molar-refractivity contribution is 5.85. The Morgan fingerprint density at radius 1 is 1.30 bits per heavy atom. The van der Waals surface area contributed by atoms with Gasteiger partial charge in [0.1, 0.15) is 0 Å². The van der Waals surface area contributed by atoms with Gasteiger partial charge in [-0.1, -0.05) is 12.8 Å². The predicted molar refractivity (Wildman–Crippen MR) is 78.5 cm³/mol. The highest BCUT2D eigenvalue weighted by Crippen LogP contribution is 2.41. The van der Waals surface area contributed by atoms with Gasteiger partial charge in [0.05, 0.1) is 5.41 Å². The van der Waals surface area contributed by atoms with Crippen LogP contribution in [0, 0.1) is 5.41 Å². The number of nitrogens with zero attached hydrogens (tertiary/aromatic N) is 1. The molecule has 0 atom stereocenters. The van der Waals surface area contributed by atoms with Gasteiger partial charge in [0.15, 0.2) is 0 Å². The van der Waals surface area contributed by atoms with Crippen molar-refractivity contribution in [2.24, 2.45) is 5.41 Å². The third kappa shape index (κ3) is 4.78. The number of carbonyl (C=O) groups excluding carboxylic acids is 1. The van der Waals surface area contributed by atoms with Crippen LogP contribution in [0.3, 0.4) is 0 Å². The second-order valence-electron chi connectivity index (χ2n) is 6.25. The van der Waals surface area contributed by atoms with Gasteiger partial charge in [0.2, 0.25) is 5.91 Å². The summed E-state index contributed by atoms with van der Waals surface area (Å²) in [6, 6.07) is 0.500. The number of carboxylic acid groups (broad SMARTS) is 1. The van der Waals surface area contributed by atoms with Crippen LogP contribution in [0.25, 0.3) is 0 Å². The van der Waals surface area contributed by atoms with E-state index in [0.29, 0.717) is 25.4 Å². The molecule has 0 aromatic carbocycles. The van der Waals surface area contributed by atoms with E-state index < -0.39 is 11.4 Å². The fourth-order valence-electron chi connectivity index (χ4n) is 2.70. The lowest BCUT2D eigenvalue weighted by Crippen LogP contribution is -2.37. The maximum absolute atomic E-state index is 11.9. The van der Waals surface area contributed by atoms with E-state index in [4.69, 9.17) is 0 Å². The Balaban J connectivity index is 2.28. The third-order valence-corrected chi connectivity index (χ3v) is 4.40. The Labute approximate surface area is 121 Å². The Kier molecular flexibility index (Phi) is 6.46. The van der Waals surface area contributed by atoms with Crippen molar-refractivity contribution in [3.63, 3.8) is 0 Å². The summed E-state index contributed by atoms with van der Waals surface area (Å²) in [5.41, 5.74) is -0.807. The van der Waals surface area contributed by atoms with Gasteiger partial charge in [0, 0.05) is 19.0 Å². The molecule has 0 aromatic heterocycles. The number of aliphatic carboxylic acids is 1. The largest absolute Gasteiger partial charge is 0.481 e. The molecule has 1 rings (SSSR count). The van der Waals surface area contributed by atoms with E-state index in [1.807, 2.05) is 0 Å². The zero-order valence-corrected chi connectivity index (χ0v) is 12.9. The van der Waals surface area contributed by atoms with E-state index in [-0.39, 0.29) is 12.3 Å². The molecule has 116 valence electrons. The van der Waals surface area contributed by atoms with E-state index in [9.17, 15) is 14.7 Å². The standard InChI is InChI=1S/C15H28N2O3/c1-12(2)17(3)10-6-9-16-13(18)11-15(14(19)20)7-4-5-8-15/h12H,4-11H2,1-3H3,(H,16,18)(H,19,20). The van der Waals surface area contributed by atoms with Gasteiger partial charge in [-0.05, 0) is 46.7 Å². The summed E-state index contributed by atoms with van der Waals surface area (Å²) >= 11 is 0. The lowest BCUT2D eigenvalue weighted by atomic mass is 9.82. The molecule has 0 heterocycles. The molecule has 1 aliphatic rings. The SMILES string of the molecule is CC(C)N(C)CCCNC(=O)CC1(C(=O)O)CCCC1. The maximum atomic E-state index is 11.9. The molecule has 0 aromatic rings. The second-order valence-corrected chi connectivity index (χ2v) is 6.25. The number of carboxylic acids is 1. The highest BCUT2D eigenvalue weighted by atomic mass is 16.4. The van der Waals surface area contributed by atoms with Gasteiger partial charge in [0.25, 0.3) is 0 Å². The van der Waals surface area contributed by atoms with Crippen LogP contribution in [0.15, 0.2) is 0 Å². The Hall–Kier alpha value is -1.10. The zero-order valence-electron chi connectivity index (χ0n) is 12.9. The smallest absolute Gasteiger partial charge is 0.310 e. The molecule has 1 saturated carbocycles. The van der Waals surface area contributed by atoms with Gasteiger partial charge in [-0.25, -0.2) is 0 Å². The first kappa shape index (κ1) is 17.0. The minimum Gasteiger partial charge on any atom is -0.481 e.